The van der Waals surface area contributed by atoms with Gasteiger partial charge in [-0.3, -0.25) is 0 Å². The Labute approximate surface area is 139 Å². The minimum atomic E-state index is 0.315. The summed E-state index contributed by atoms with van der Waals surface area (Å²) in [5.74, 6) is 4.42. The van der Waals surface area contributed by atoms with Gasteiger partial charge in [0.25, 0.3) is 0 Å². The summed E-state index contributed by atoms with van der Waals surface area (Å²) in [6, 6.07) is 4.28. The molecule has 5 rings (SSSR count). The topological polar surface area (TPSA) is 85.8 Å². The number of nitrogens with zero attached hydrogens (tertiary/aromatic N) is 7. The summed E-state index contributed by atoms with van der Waals surface area (Å²) < 4.78 is 3.92. The lowest BCUT2D eigenvalue weighted by Gasteiger charge is -2.23. The van der Waals surface area contributed by atoms with Crippen molar-refractivity contribution in [3.8, 4) is 0 Å². The van der Waals surface area contributed by atoms with Gasteiger partial charge in [-0.2, -0.15) is 9.61 Å². The van der Waals surface area contributed by atoms with Gasteiger partial charge in [0, 0.05) is 24.8 Å². The summed E-state index contributed by atoms with van der Waals surface area (Å²) in [6.07, 6.45) is 5.26. The lowest BCUT2D eigenvalue weighted by molar-refractivity contribution is 0.439. The van der Waals surface area contributed by atoms with Gasteiger partial charge in [-0.15, -0.1) is 15.3 Å². The first-order valence-electron chi connectivity index (χ1n) is 8.71. The van der Waals surface area contributed by atoms with E-state index in [2.05, 4.69) is 32.5 Å². The highest BCUT2D eigenvalue weighted by Crippen LogP contribution is 2.38. The Kier molecular flexibility index (Phi) is 3.04. The number of anilines is 1. The number of nitrogens with one attached hydrogen (secondary N) is 1. The first kappa shape index (κ1) is 13.9. The van der Waals surface area contributed by atoms with Gasteiger partial charge in [0.2, 0.25) is 0 Å². The van der Waals surface area contributed by atoms with Gasteiger partial charge in [-0.25, -0.2) is 9.67 Å². The van der Waals surface area contributed by atoms with Crippen LogP contribution in [0.4, 0.5) is 5.82 Å². The summed E-state index contributed by atoms with van der Waals surface area (Å²) in [5.41, 5.74) is 0.817. The van der Waals surface area contributed by atoms with Gasteiger partial charge in [-0.05, 0) is 31.4 Å². The molecule has 1 unspecified atom stereocenters. The van der Waals surface area contributed by atoms with Crippen LogP contribution in [-0.2, 0) is 19.4 Å². The number of hydrogen-bond acceptors (Lipinski definition) is 6. The number of fused-ring (bicyclic) bond motifs is 2. The van der Waals surface area contributed by atoms with Gasteiger partial charge < -0.3 is 5.32 Å². The third kappa shape index (κ3) is 2.33. The van der Waals surface area contributed by atoms with Gasteiger partial charge in [0.05, 0.1) is 6.54 Å². The Balaban J connectivity index is 1.37. The molecule has 0 spiro atoms. The van der Waals surface area contributed by atoms with Gasteiger partial charge in [0.1, 0.15) is 11.6 Å². The second kappa shape index (κ2) is 5.25. The Hall–Kier alpha value is -2.51. The zero-order valence-electron chi connectivity index (χ0n) is 13.7. The molecule has 0 aromatic carbocycles. The third-order valence-corrected chi connectivity index (χ3v) is 4.80. The van der Waals surface area contributed by atoms with Crippen LogP contribution in [0.1, 0.15) is 49.6 Å². The first-order valence-corrected chi connectivity index (χ1v) is 8.71. The predicted molar refractivity (Wildman–Crippen MR) is 87.9 cm³/mol. The average Bonchev–Trinajstić information content (AvgIpc) is 3.22. The molecule has 4 heterocycles. The minimum absolute atomic E-state index is 0.315. The van der Waals surface area contributed by atoms with E-state index in [0.717, 1.165) is 54.7 Å². The van der Waals surface area contributed by atoms with E-state index in [9.17, 15) is 0 Å². The van der Waals surface area contributed by atoms with E-state index in [1.807, 2.05) is 21.3 Å². The second-order valence-electron chi connectivity index (χ2n) is 6.68. The monoisotopic (exact) mass is 324 g/mol. The van der Waals surface area contributed by atoms with Crippen LogP contribution in [0.5, 0.6) is 0 Å². The van der Waals surface area contributed by atoms with Gasteiger partial charge in [-0.1, -0.05) is 6.92 Å². The highest BCUT2D eigenvalue weighted by atomic mass is 15.4. The molecule has 1 fully saturated rings. The fraction of sp³-hybridized carbons (Fsp3) is 0.562. The molecule has 0 amide bonds. The van der Waals surface area contributed by atoms with E-state index in [4.69, 9.17) is 5.10 Å². The molecule has 124 valence electrons. The third-order valence-electron chi connectivity index (χ3n) is 4.80. The Bertz CT molecular complexity index is 891. The highest BCUT2D eigenvalue weighted by Gasteiger charge is 2.29. The van der Waals surface area contributed by atoms with Crippen LogP contribution in [0.15, 0.2) is 12.1 Å². The number of aryl methyl sites for hydroxylation is 2. The smallest absolute Gasteiger partial charge is 0.178 e. The summed E-state index contributed by atoms with van der Waals surface area (Å²) in [4.78, 5) is 4.57. The predicted octanol–water partition coefficient (Wildman–Crippen LogP) is 1.58. The summed E-state index contributed by atoms with van der Waals surface area (Å²) in [5, 5.41) is 21.3. The van der Waals surface area contributed by atoms with Gasteiger partial charge >= 0.3 is 0 Å². The SMILES string of the molecule is CCc1nc2n(n1)CC(Nc1ccc3nnc(C4CC4)n3n1)CC2. The number of rotatable bonds is 4. The molecule has 1 saturated carbocycles. The van der Waals surface area contributed by atoms with Crippen LogP contribution in [0.2, 0.25) is 0 Å². The molecule has 3 aromatic heterocycles. The molecule has 1 aliphatic carbocycles. The summed E-state index contributed by atoms with van der Waals surface area (Å²) in [7, 11) is 0. The van der Waals surface area contributed by atoms with Crippen LogP contribution in [0.25, 0.3) is 5.65 Å². The molecular formula is C16H20N8. The van der Waals surface area contributed by atoms with Crippen molar-refractivity contribution in [3.63, 3.8) is 0 Å². The number of aromatic nitrogens is 7. The zero-order valence-corrected chi connectivity index (χ0v) is 13.7. The molecule has 8 heteroatoms. The molecule has 0 radical (unpaired) electrons. The zero-order chi connectivity index (χ0) is 16.1. The standard InChI is InChI=1S/C16H20N8/c1-2-12-18-14-7-5-11(9-23(14)21-12)17-13-6-8-15-19-20-16(10-3-4-10)24(15)22-13/h6,8,10-11H,2-5,7,9H2,1H3,(H,17,22). The molecule has 0 bridgehead atoms. The summed E-state index contributed by atoms with van der Waals surface area (Å²) in [6.45, 7) is 2.92. The molecule has 1 atom stereocenters. The number of hydrogen-bond donors (Lipinski definition) is 1. The average molecular weight is 324 g/mol. The van der Waals surface area contributed by atoms with Crippen molar-refractivity contribution >= 4 is 11.5 Å². The van der Waals surface area contributed by atoms with Crippen LogP contribution in [-0.4, -0.2) is 40.6 Å². The lowest BCUT2D eigenvalue weighted by Crippen LogP contribution is -2.32. The molecule has 1 aliphatic heterocycles. The van der Waals surface area contributed by atoms with E-state index >= 15 is 0 Å². The maximum atomic E-state index is 4.70. The Morgan fingerprint density at radius 1 is 1.17 bits per heavy atom. The normalized spacial score (nSPS) is 20.3. The maximum Gasteiger partial charge on any atom is 0.178 e. The van der Waals surface area contributed by atoms with Crippen molar-refractivity contribution in [2.45, 2.75) is 57.5 Å². The van der Waals surface area contributed by atoms with Crippen molar-refractivity contribution in [1.29, 1.82) is 0 Å². The van der Waals surface area contributed by atoms with E-state index in [1.165, 1.54) is 12.8 Å². The minimum Gasteiger partial charge on any atom is -0.364 e. The molecular weight excluding hydrogens is 304 g/mol. The van der Waals surface area contributed by atoms with Crippen LogP contribution >= 0.6 is 0 Å². The second-order valence-corrected chi connectivity index (χ2v) is 6.68. The maximum absolute atomic E-state index is 4.70. The van der Waals surface area contributed by atoms with Crippen LogP contribution in [0, 0.1) is 0 Å². The van der Waals surface area contributed by atoms with Gasteiger partial charge in [0.15, 0.2) is 17.3 Å². The van der Waals surface area contributed by atoms with Crippen molar-refractivity contribution in [3.05, 3.63) is 29.6 Å². The molecule has 3 aromatic rings. The lowest BCUT2D eigenvalue weighted by atomic mass is 10.1. The molecule has 0 saturated heterocycles. The van der Waals surface area contributed by atoms with E-state index in [-0.39, 0.29) is 0 Å². The molecule has 2 aliphatic rings. The fourth-order valence-corrected chi connectivity index (χ4v) is 3.32. The Morgan fingerprint density at radius 2 is 2.08 bits per heavy atom. The van der Waals surface area contributed by atoms with Crippen LogP contribution < -0.4 is 5.32 Å². The molecule has 24 heavy (non-hydrogen) atoms. The highest BCUT2D eigenvalue weighted by molar-refractivity contribution is 5.45. The van der Waals surface area contributed by atoms with Crippen LogP contribution in [0.3, 0.4) is 0 Å². The first-order chi connectivity index (χ1) is 11.8. The van der Waals surface area contributed by atoms with Crippen molar-refractivity contribution in [2.75, 3.05) is 5.32 Å². The fourth-order valence-electron chi connectivity index (χ4n) is 3.32. The van der Waals surface area contributed by atoms with Crippen molar-refractivity contribution in [2.24, 2.45) is 0 Å². The van der Waals surface area contributed by atoms with Crippen molar-refractivity contribution < 1.29 is 0 Å². The van der Waals surface area contributed by atoms with E-state index < -0.39 is 0 Å². The quantitative estimate of drug-likeness (QED) is 0.784. The van der Waals surface area contributed by atoms with E-state index in [0.29, 0.717) is 12.0 Å². The van der Waals surface area contributed by atoms with E-state index in [1.54, 1.807) is 0 Å². The Morgan fingerprint density at radius 3 is 2.92 bits per heavy atom. The largest absolute Gasteiger partial charge is 0.364 e. The summed E-state index contributed by atoms with van der Waals surface area (Å²) >= 11 is 0. The molecule has 8 nitrogen and oxygen atoms in total. The van der Waals surface area contributed by atoms with Crippen molar-refractivity contribution in [1.82, 2.24) is 34.6 Å². The molecule has 1 N–H and O–H groups in total.